The highest BCUT2D eigenvalue weighted by atomic mass is 35.5. The Morgan fingerprint density at radius 1 is 1.21 bits per heavy atom. The van der Waals surface area contributed by atoms with Crippen molar-refractivity contribution in [2.75, 3.05) is 13.7 Å². The lowest BCUT2D eigenvalue weighted by atomic mass is 10.1. The van der Waals surface area contributed by atoms with Gasteiger partial charge in [0.2, 0.25) is 5.82 Å². The van der Waals surface area contributed by atoms with Crippen LogP contribution in [0.4, 0.5) is 4.39 Å². The summed E-state index contributed by atoms with van der Waals surface area (Å²) in [6.07, 6.45) is 1.45. The first-order valence-corrected chi connectivity index (χ1v) is 10.1. The molecular formula is C22H14ClFN6O3. The van der Waals surface area contributed by atoms with Crippen LogP contribution in [0.1, 0.15) is 5.56 Å². The lowest BCUT2D eigenvalue weighted by Crippen LogP contribution is -2.25. The zero-order chi connectivity index (χ0) is 23.1. The third-order valence-electron chi connectivity index (χ3n) is 5.21. The zero-order valence-corrected chi connectivity index (χ0v) is 17.9. The molecule has 2 aromatic carbocycles. The second-order valence-electron chi connectivity index (χ2n) is 7.09. The van der Waals surface area contributed by atoms with Crippen LogP contribution in [-0.4, -0.2) is 37.8 Å². The van der Waals surface area contributed by atoms with Crippen LogP contribution in [0.5, 0.6) is 0 Å². The van der Waals surface area contributed by atoms with Crippen molar-refractivity contribution in [3.8, 4) is 29.0 Å². The molecule has 3 aromatic heterocycles. The van der Waals surface area contributed by atoms with E-state index >= 15 is 0 Å². The molecule has 9 nitrogen and oxygen atoms in total. The number of nitriles is 1. The van der Waals surface area contributed by atoms with Crippen molar-refractivity contribution in [3.05, 3.63) is 69.5 Å². The van der Waals surface area contributed by atoms with Crippen LogP contribution in [0, 0.1) is 17.1 Å². The van der Waals surface area contributed by atoms with Crippen molar-refractivity contribution in [2.24, 2.45) is 0 Å². The van der Waals surface area contributed by atoms with E-state index in [0.717, 1.165) is 0 Å². The fourth-order valence-electron chi connectivity index (χ4n) is 3.68. The van der Waals surface area contributed by atoms with Crippen molar-refractivity contribution in [1.82, 2.24) is 24.1 Å². The number of imidazole rings is 1. The van der Waals surface area contributed by atoms with Crippen LogP contribution in [0.3, 0.4) is 0 Å². The van der Waals surface area contributed by atoms with Gasteiger partial charge < -0.3 is 13.8 Å². The quantitative estimate of drug-likeness (QED) is 0.390. The highest BCUT2D eigenvalue weighted by Gasteiger charge is 2.23. The zero-order valence-electron chi connectivity index (χ0n) is 17.1. The molecule has 164 valence electrons. The Labute approximate surface area is 190 Å². The Bertz CT molecular complexity index is 1610. The number of aromatic nitrogens is 5. The summed E-state index contributed by atoms with van der Waals surface area (Å²) in [5, 5.41) is 13.8. The lowest BCUT2D eigenvalue weighted by molar-refractivity contribution is 0.187. The summed E-state index contributed by atoms with van der Waals surface area (Å²) >= 11 is 6.23. The van der Waals surface area contributed by atoms with Gasteiger partial charge in [0.1, 0.15) is 23.7 Å². The smallest absolute Gasteiger partial charge is 0.279 e. The number of fused-ring (bicyclic) bond motifs is 3. The maximum Gasteiger partial charge on any atom is 0.279 e. The number of hydrogen-bond acceptors (Lipinski definition) is 7. The van der Waals surface area contributed by atoms with Crippen molar-refractivity contribution >= 4 is 28.2 Å². The summed E-state index contributed by atoms with van der Waals surface area (Å²) in [7, 11) is 1.52. The third kappa shape index (κ3) is 3.34. The SMILES string of the molecule is COCCn1c(=O)c2c(-c3nc(-c4ccc(F)cc4)no3)ncn2c2ccc(Cl)c(C#N)c21. The average molecular weight is 465 g/mol. The fraction of sp³-hybridized carbons (Fsp3) is 0.136. The van der Waals surface area contributed by atoms with E-state index in [2.05, 4.69) is 21.2 Å². The Morgan fingerprint density at radius 2 is 2.00 bits per heavy atom. The average Bonchev–Trinajstić information content (AvgIpc) is 3.47. The normalized spacial score (nSPS) is 11.3. The first-order chi connectivity index (χ1) is 16.0. The summed E-state index contributed by atoms with van der Waals surface area (Å²) in [6.45, 7) is 0.425. The number of hydrogen-bond donors (Lipinski definition) is 0. The molecule has 5 rings (SSSR count). The van der Waals surface area contributed by atoms with Gasteiger partial charge >= 0.3 is 0 Å². The minimum atomic E-state index is -0.424. The summed E-state index contributed by atoms with van der Waals surface area (Å²) in [6, 6.07) is 11.0. The van der Waals surface area contributed by atoms with E-state index in [0.29, 0.717) is 16.6 Å². The predicted octanol–water partition coefficient (Wildman–Crippen LogP) is 3.68. The van der Waals surface area contributed by atoms with Gasteiger partial charge in [-0.15, -0.1) is 0 Å². The molecule has 33 heavy (non-hydrogen) atoms. The molecule has 0 saturated heterocycles. The highest BCUT2D eigenvalue weighted by Crippen LogP contribution is 2.29. The molecule has 0 fully saturated rings. The number of rotatable bonds is 5. The van der Waals surface area contributed by atoms with Gasteiger partial charge in [-0.2, -0.15) is 10.2 Å². The maximum absolute atomic E-state index is 13.6. The molecule has 0 atom stereocenters. The Morgan fingerprint density at radius 3 is 2.73 bits per heavy atom. The van der Waals surface area contributed by atoms with Crippen molar-refractivity contribution in [1.29, 1.82) is 5.26 Å². The molecule has 0 bridgehead atoms. The largest absolute Gasteiger partial charge is 0.383 e. The first-order valence-electron chi connectivity index (χ1n) is 9.74. The van der Waals surface area contributed by atoms with Gasteiger partial charge in [0.05, 0.1) is 28.2 Å². The molecule has 0 saturated carbocycles. The minimum Gasteiger partial charge on any atom is -0.383 e. The summed E-state index contributed by atoms with van der Waals surface area (Å²) in [4.78, 5) is 22.2. The molecule has 0 aliphatic carbocycles. The molecule has 11 heteroatoms. The molecule has 5 aromatic rings. The first kappa shape index (κ1) is 20.8. The van der Waals surface area contributed by atoms with Gasteiger partial charge in [0.25, 0.3) is 11.4 Å². The highest BCUT2D eigenvalue weighted by molar-refractivity contribution is 6.32. The van der Waals surface area contributed by atoms with E-state index in [1.807, 2.05) is 0 Å². The van der Waals surface area contributed by atoms with Crippen LogP contribution < -0.4 is 5.56 Å². The van der Waals surface area contributed by atoms with Gasteiger partial charge in [-0.25, -0.2) is 9.37 Å². The Balaban J connectivity index is 1.77. The van der Waals surface area contributed by atoms with Crippen molar-refractivity contribution in [2.45, 2.75) is 6.54 Å². The molecule has 0 aliphatic rings. The second kappa shape index (κ2) is 8.12. The van der Waals surface area contributed by atoms with Gasteiger partial charge in [-0.1, -0.05) is 16.8 Å². The fourth-order valence-corrected chi connectivity index (χ4v) is 3.88. The van der Waals surface area contributed by atoms with Crippen LogP contribution in [0.25, 0.3) is 39.5 Å². The van der Waals surface area contributed by atoms with E-state index in [1.165, 1.54) is 42.3 Å². The van der Waals surface area contributed by atoms with Crippen LogP contribution >= 0.6 is 11.6 Å². The van der Waals surface area contributed by atoms with Crippen molar-refractivity contribution < 1.29 is 13.7 Å². The molecule has 0 unspecified atom stereocenters. The van der Waals surface area contributed by atoms with Gasteiger partial charge in [-0.05, 0) is 36.4 Å². The van der Waals surface area contributed by atoms with E-state index in [9.17, 15) is 14.4 Å². The molecular weight excluding hydrogens is 451 g/mol. The molecule has 0 spiro atoms. The maximum atomic E-state index is 13.6. The molecule has 0 amide bonds. The van der Waals surface area contributed by atoms with Crippen LogP contribution in [0.2, 0.25) is 5.02 Å². The van der Waals surface area contributed by atoms with Crippen molar-refractivity contribution in [3.63, 3.8) is 0 Å². The molecule has 0 radical (unpaired) electrons. The number of benzene rings is 2. The third-order valence-corrected chi connectivity index (χ3v) is 5.53. The number of methoxy groups -OCH3 is 1. The number of nitrogens with zero attached hydrogens (tertiary/aromatic N) is 6. The Hall–Kier alpha value is -4.07. The predicted molar refractivity (Wildman–Crippen MR) is 117 cm³/mol. The van der Waals surface area contributed by atoms with Crippen LogP contribution in [0.15, 0.2) is 52.0 Å². The van der Waals surface area contributed by atoms with Crippen LogP contribution in [-0.2, 0) is 11.3 Å². The minimum absolute atomic E-state index is 0.0287. The Kier molecular flexibility index (Phi) is 5.12. The van der Waals surface area contributed by atoms with E-state index in [4.69, 9.17) is 20.9 Å². The van der Waals surface area contributed by atoms with E-state index in [1.54, 1.807) is 16.5 Å². The second-order valence-corrected chi connectivity index (χ2v) is 7.50. The molecule has 3 heterocycles. The topological polar surface area (TPSA) is 111 Å². The van der Waals surface area contributed by atoms with Gasteiger partial charge in [0, 0.05) is 19.2 Å². The molecule has 0 N–H and O–H groups in total. The lowest BCUT2D eigenvalue weighted by Gasteiger charge is -2.14. The summed E-state index contributed by atoms with van der Waals surface area (Å²) in [5.41, 5.74) is 1.61. The van der Waals surface area contributed by atoms with Gasteiger partial charge in [0.15, 0.2) is 5.69 Å². The number of ether oxygens (including phenoxy) is 1. The van der Waals surface area contributed by atoms with E-state index < -0.39 is 5.56 Å². The van der Waals surface area contributed by atoms with E-state index in [-0.39, 0.29) is 52.5 Å². The summed E-state index contributed by atoms with van der Waals surface area (Å²) in [5.74, 6) is -0.130. The monoisotopic (exact) mass is 464 g/mol. The van der Waals surface area contributed by atoms with Gasteiger partial charge in [-0.3, -0.25) is 9.20 Å². The number of halogens is 2. The molecule has 0 aliphatic heterocycles. The summed E-state index contributed by atoms with van der Waals surface area (Å²) < 4.78 is 26.8. The standard InChI is InChI=1S/C22H14ClFN6O3/c1-32-9-8-29-18-14(10-25)15(23)6-7-16(18)30-11-26-17(19(30)22(29)31)21-27-20(28-33-21)12-2-4-13(24)5-3-12/h2-7,11H,8-9H2,1H3.